The normalized spacial score (nSPS) is 16.8. The second-order valence-corrected chi connectivity index (χ2v) is 9.05. The molecule has 0 unspecified atom stereocenters. The molecule has 0 bridgehead atoms. The zero-order valence-corrected chi connectivity index (χ0v) is 16.0. The molecule has 1 aliphatic heterocycles. The van der Waals surface area contributed by atoms with Crippen molar-refractivity contribution in [3.05, 3.63) is 34.4 Å². The maximum absolute atomic E-state index is 12.8. The van der Waals surface area contributed by atoms with Crippen LogP contribution in [-0.4, -0.2) is 59.3 Å². The Bertz CT molecular complexity index is 823. The SMILES string of the molecule is Cc1nc(S(=O)(=O)N2CCCN(C(=O)Cc3cccs3)CC2)cn1C. The molecule has 0 aromatic carbocycles. The van der Waals surface area contributed by atoms with Crippen molar-refractivity contribution in [1.29, 1.82) is 0 Å². The molecule has 7 nitrogen and oxygen atoms in total. The van der Waals surface area contributed by atoms with Crippen LogP contribution in [0.25, 0.3) is 0 Å². The van der Waals surface area contributed by atoms with Gasteiger partial charge in [-0.25, -0.2) is 13.4 Å². The summed E-state index contributed by atoms with van der Waals surface area (Å²) in [5, 5.41) is 2.03. The van der Waals surface area contributed by atoms with E-state index < -0.39 is 10.0 Å². The third-order valence-electron chi connectivity index (χ3n) is 4.40. The molecule has 2 aromatic heterocycles. The number of thiophene rings is 1. The molecule has 0 aliphatic carbocycles. The average molecular weight is 383 g/mol. The minimum absolute atomic E-state index is 0.0513. The van der Waals surface area contributed by atoms with Crippen molar-refractivity contribution in [1.82, 2.24) is 18.8 Å². The zero-order valence-electron chi connectivity index (χ0n) is 14.4. The van der Waals surface area contributed by atoms with Gasteiger partial charge in [-0.1, -0.05) is 6.07 Å². The molecule has 136 valence electrons. The lowest BCUT2D eigenvalue weighted by atomic mass is 10.3. The molecule has 1 fully saturated rings. The third kappa shape index (κ3) is 3.94. The molecule has 3 heterocycles. The standard InChI is InChI=1S/C16H22N4O3S2/c1-13-17-15(12-18(13)2)25(22,23)20-7-4-6-19(8-9-20)16(21)11-14-5-3-10-24-14/h3,5,10,12H,4,6-9,11H2,1-2H3. The van der Waals surface area contributed by atoms with Crippen molar-refractivity contribution >= 4 is 27.3 Å². The van der Waals surface area contributed by atoms with Crippen molar-refractivity contribution in [3.63, 3.8) is 0 Å². The lowest BCUT2D eigenvalue weighted by Gasteiger charge is -2.21. The van der Waals surface area contributed by atoms with Crippen LogP contribution in [0.4, 0.5) is 0 Å². The van der Waals surface area contributed by atoms with Crippen LogP contribution in [0.5, 0.6) is 0 Å². The predicted molar refractivity (Wildman–Crippen MR) is 95.9 cm³/mol. The Hall–Kier alpha value is -1.71. The molecular formula is C16H22N4O3S2. The summed E-state index contributed by atoms with van der Waals surface area (Å²) < 4.78 is 28.7. The summed E-state index contributed by atoms with van der Waals surface area (Å²) in [4.78, 5) is 19.4. The van der Waals surface area contributed by atoms with Gasteiger partial charge in [0.15, 0.2) is 5.03 Å². The molecule has 0 saturated carbocycles. The molecular weight excluding hydrogens is 360 g/mol. The Morgan fingerprint density at radius 3 is 2.72 bits per heavy atom. The lowest BCUT2D eigenvalue weighted by Crippen LogP contribution is -2.38. The smallest absolute Gasteiger partial charge is 0.262 e. The van der Waals surface area contributed by atoms with Crippen molar-refractivity contribution in [2.75, 3.05) is 26.2 Å². The van der Waals surface area contributed by atoms with Crippen molar-refractivity contribution in [3.8, 4) is 0 Å². The summed E-state index contributed by atoms with van der Waals surface area (Å²) in [6.07, 6.45) is 2.54. The van der Waals surface area contributed by atoms with E-state index in [0.717, 1.165) is 4.88 Å². The van der Waals surface area contributed by atoms with Gasteiger partial charge in [-0.2, -0.15) is 4.31 Å². The van der Waals surface area contributed by atoms with Crippen molar-refractivity contribution in [2.24, 2.45) is 7.05 Å². The summed E-state index contributed by atoms with van der Waals surface area (Å²) in [6.45, 7) is 3.47. The highest BCUT2D eigenvalue weighted by molar-refractivity contribution is 7.89. The van der Waals surface area contributed by atoms with Crippen LogP contribution < -0.4 is 0 Å². The Kier molecular flexibility index (Phi) is 5.26. The lowest BCUT2D eigenvalue weighted by molar-refractivity contribution is -0.130. The third-order valence-corrected chi connectivity index (χ3v) is 7.05. The van der Waals surface area contributed by atoms with Gasteiger partial charge >= 0.3 is 0 Å². The van der Waals surface area contributed by atoms with E-state index >= 15 is 0 Å². The number of sulfonamides is 1. The number of hydrogen-bond acceptors (Lipinski definition) is 5. The van der Waals surface area contributed by atoms with E-state index in [1.54, 1.807) is 34.8 Å². The topological polar surface area (TPSA) is 75.5 Å². The van der Waals surface area contributed by atoms with Gasteiger partial charge in [0.1, 0.15) is 5.82 Å². The minimum atomic E-state index is -3.62. The van der Waals surface area contributed by atoms with Crippen LogP contribution in [0.15, 0.2) is 28.7 Å². The number of hydrogen-bond donors (Lipinski definition) is 0. The van der Waals surface area contributed by atoms with Crippen LogP contribution in [0.2, 0.25) is 0 Å². The first-order valence-corrected chi connectivity index (χ1v) is 10.5. The van der Waals surface area contributed by atoms with Crippen LogP contribution in [-0.2, 0) is 28.3 Å². The Balaban J connectivity index is 1.67. The molecule has 1 amide bonds. The van der Waals surface area contributed by atoms with Gasteiger partial charge in [0, 0.05) is 44.3 Å². The highest BCUT2D eigenvalue weighted by atomic mass is 32.2. The van der Waals surface area contributed by atoms with Gasteiger partial charge in [-0.15, -0.1) is 11.3 Å². The van der Waals surface area contributed by atoms with Gasteiger partial charge < -0.3 is 9.47 Å². The quantitative estimate of drug-likeness (QED) is 0.798. The second kappa shape index (κ2) is 7.27. The Labute approximate surface area is 151 Å². The fourth-order valence-corrected chi connectivity index (χ4v) is 5.03. The number of amides is 1. The summed E-state index contributed by atoms with van der Waals surface area (Å²) in [7, 11) is -1.85. The number of aromatic nitrogens is 2. The van der Waals surface area contributed by atoms with Gasteiger partial charge in [-0.3, -0.25) is 4.79 Å². The van der Waals surface area contributed by atoms with Crippen LogP contribution in [0.3, 0.4) is 0 Å². The Morgan fingerprint density at radius 2 is 2.08 bits per heavy atom. The number of imidazole rings is 1. The largest absolute Gasteiger partial charge is 0.341 e. The maximum atomic E-state index is 12.8. The summed E-state index contributed by atoms with van der Waals surface area (Å²) in [6, 6.07) is 3.87. The molecule has 0 N–H and O–H groups in total. The molecule has 9 heteroatoms. The monoisotopic (exact) mass is 382 g/mol. The van der Waals surface area contributed by atoms with Crippen molar-refractivity contribution in [2.45, 2.75) is 24.8 Å². The molecule has 1 saturated heterocycles. The van der Waals surface area contributed by atoms with E-state index in [0.29, 0.717) is 44.8 Å². The molecule has 3 rings (SSSR count). The number of aryl methyl sites for hydroxylation is 2. The van der Waals surface area contributed by atoms with Gasteiger partial charge in [0.25, 0.3) is 10.0 Å². The fourth-order valence-electron chi connectivity index (χ4n) is 2.84. The van der Waals surface area contributed by atoms with E-state index in [1.165, 1.54) is 10.5 Å². The minimum Gasteiger partial charge on any atom is -0.341 e. The van der Waals surface area contributed by atoms with Gasteiger partial charge in [-0.05, 0) is 24.8 Å². The van der Waals surface area contributed by atoms with E-state index in [9.17, 15) is 13.2 Å². The van der Waals surface area contributed by atoms with Crippen LogP contribution >= 0.6 is 11.3 Å². The molecule has 1 aliphatic rings. The number of carbonyl (C=O) groups excluding carboxylic acids is 1. The fraction of sp³-hybridized carbons (Fsp3) is 0.500. The number of nitrogens with zero attached hydrogens (tertiary/aromatic N) is 4. The van der Waals surface area contributed by atoms with Gasteiger partial charge in [0.2, 0.25) is 5.91 Å². The summed E-state index contributed by atoms with van der Waals surface area (Å²) in [5.41, 5.74) is 0. The van der Waals surface area contributed by atoms with Crippen LogP contribution in [0, 0.1) is 6.92 Å². The second-order valence-electron chi connectivity index (χ2n) is 6.13. The molecule has 0 atom stereocenters. The van der Waals surface area contributed by atoms with Crippen LogP contribution in [0.1, 0.15) is 17.1 Å². The highest BCUT2D eigenvalue weighted by Crippen LogP contribution is 2.18. The summed E-state index contributed by atoms with van der Waals surface area (Å²) in [5.74, 6) is 0.705. The first-order valence-electron chi connectivity index (χ1n) is 8.18. The Morgan fingerprint density at radius 1 is 1.28 bits per heavy atom. The van der Waals surface area contributed by atoms with E-state index in [1.807, 2.05) is 17.5 Å². The van der Waals surface area contributed by atoms with E-state index in [-0.39, 0.29) is 10.9 Å². The molecule has 25 heavy (non-hydrogen) atoms. The predicted octanol–water partition coefficient (Wildman–Crippen LogP) is 1.26. The molecule has 2 aromatic rings. The zero-order chi connectivity index (χ0) is 18.0. The number of carbonyl (C=O) groups is 1. The molecule has 0 radical (unpaired) electrons. The maximum Gasteiger partial charge on any atom is 0.262 e. The summed E-state index contributed by atoms with van der Waals surface area (Å²) >= 11 is 1.56. The van der Waals surface area contributed by atoms with E-state index in [4.69, 9.17) is 0 Å². The highest BCUT2D eigenvalue weighted by Gasteiger charge is 2.30. The number of rotatable bonds is 4. The van der Waals surface area contributed by atoms with E-state index in [2.05, 4.69) is 4.98 Å². The molecule has 0 spiro atoms. The average Bonchev–Trinajstić information content (AvgIpc) is 3.10. The van der Waals surface area contributed by atoms with Crippen molar-refractivity contribution < 1.29 is 13.2 Å². The first-order chi connectivity index (χ1) is 11.9. The van der Waals surface area contributed by atoms with Gasteiger partial charge in [0.05, 0.1) is 6.42 Å². The first kappa shape index (κ1) is 18.1.